The van der Waals surface area contributed by atoms with Crippen LogP contribution in [0.1, 0.15) is 48.2 Å². The van der Waals surface area contributed by atoms with Crippen molar-refractivity contribution in [2.24, 2.45) is 0 Å². The van der Waals surface area contributed by atoms with E-state index in [1.165, 1.54) is 12.1 Å². The molecule has 0 spiro atoms. The molecule has 6 heteroatoms. The lowest BCUT2D eigenvalue weighted by atomic mass is 9.93. The number of benzene rings is 1. The third-order valence-electron chi connectivity index (χ3n) is 4.58. The second kappa shape index (κ2) is 5.68. The molecule has 1 aliphatic rings. The lowest BCUT2D eigenvalue weighted by Crippen LogP contribution is -2.47. The molecule has 1 saturated carbocycles. The highest BCUT2D eigenvalue weighted by atomic mass is 19.1. The molecule has 1 fully saturated rings. The summed E-state index contributed by atoms with van der Waals surface area (Å²) in [6, 6.07) is 4.45. The number of aromatic amines is 1. The van der Waals surface area contributed by atoms with Crippen molar-refractivity contribution in [3.05, 3.63) is 35.3 Å². The van der Waals surface area contributed by atoms with Gasteiger partial charge in [-0.15, -0.1) is 0 Å². The Labute approximate surface area is 132 Å². The van der Waals surface area contributed by atoms with E-state index in [-0.39, 0.29) is 18.1 Å². The van der Waals surface area contributed by atoms with Crippen LogP contribution in [0.3, 0.4) is 0 Å². The maximum Gasteiger partial charge on any atom is 0.305 e. The molecule has 0 bridgehead atoms. The highest BCUT2D eigenvalue weighted by molar-refractivity contribution is 5.99. The average Bonchev–Trinajstić information content (AvgIpc) is 3.05. The number of fused-ring (bicyclic) bond motifs is 1. The number of nitrogens with one attached hydrogen (secondary N) is 2. The average molecular weight is 318 g/mol. The number of H-pyrrole nitrogens is 1. The summed E-state index contributed by atoms with van der Waals surface area (Å²) in [7, 11) is 0. The van der Waals surface area contributed by atoms with E-state index in [1.54, 1.807) is 13.0 Å². The predicted octanol–water partition coefficient (Wildman–Crippen LogP) is 3.13. The lowest BCUT2D eigenvalue weighted by molar-refractivity contribution is -0.138. The minimum Gasteiger partial charge on any atom is -0.481 e. The van der Waals surface area contributed by atoms with Gasteiger partial charge in [0.25, 0.3) is 5.91 Å². The molecule has 1 aromatic carbocycles. The van der Waals surface area contributed by atoms with Gasteiger partial charge in [-0.1, -0.05) is 12.8 Å². The minimum atomic E-state index is -0.915. The fourth-order valence-corrected chi connectivity index (χ4v) is 3.49. The molecule has 3 rings (SSSR count). The zero-order valence-electron chi connectivity index (χ0n) is 12.9. The van der Waals surface area contributed by atoms with Crippen molar-refractivity contribution < 1.29 is 19.1 Å². The number of rotatable bonds is 4. The van der Waals surface area contributed by atoms with Crippen LogP contribution in [0.15, 0.2) is 18.2 Å². The summed E-state index contributed by atoms with van der Waals surface area (Å²) < 4.78 is 13.5. The molecule has 0 unspecified atom stereocenters. The Morgan fingerprint density at radius 2 is 2.00 bits per heavy atom. The van der Waals surface area contributed by atoms with E-state index >= 15 is 0 Å². The van der Waals surface area contributed by atoms with E-state index < -0.39 is 11.5 Å². The molecule has 1 amide bonds. The molecule has 5 nitrogen and oxygen atoms in total. The van der Waals surface area contributed by atoms with Gasteiger partial charge >= 0.3 is 5.97 Å². The SMILES string of the molecule is Cc1cc(F)cc2[nH]c(C(=O)NC3(CC(=O)O)CCCC3)cc12. The van der Waals surface area contributed by atoms with Gasteiger partial charge < -0.3 is 15.4 Å². The molecule has 0 radical (unpaired) electrons. The van der Waals surface area contributed by atoms with E-state index in [4.69, 9.17) is 5.11 Å². The summed E-state index contributed by atoms with van der Waals surface area (Å²) in [4.78, 5) is 26.5. The second-order valence-electron chi connectivity index (χ2n) is 6.38. The third-order valence-corrected chi connectivity index (χ3v) is 4.58. The van der Waals surface area contributed by atoms with Crippen LogP contribution in [0.25, 0.3) is 10.9 Å². The van der Waals surface area contributed by atoms with Crippen molar-refractivity contribution >= 4 is 22.8 Å². The monoisotopic (exact) mass is 318 g/mol. The summed E-state index contributed by atoms with van der Waals surface area (Å²) >= 11 is 0. The Morgan fingerprint density at radius 1 is 1.30 bits per heavy atom. The number of hydrogen-bond donors (Lipinski definition) is 3. The Morgan fingerprint density at radius 3 is 2.65 bits per heavy atom. The molecule has 0 aliphatic heterocycles. The van der Waals surface area contributed by atoms with E-state index in [2.05, 4.69) is 10.3 Å². The number of hydrogen-bond acceptors (Lipinski definition) is 2. The fourth-order valence-electron chi connectivity index (χ4n) is 3.49. The maximum absolute atomic E-state index is 13.5. The summed E-state index contributed by atoms with van der Waals surface area (Å²) in [6.07, 6.45) is 3.07. The summed E-state index contributed by atoms with van der Waals surface area (Å²) in [5.74, 6) is -1.62. The summed E-state index contributed by atoms with van der Waals surface area (Å²) in [6.45, 7) is 1.78. The molecule has 122 valence electrons. The molecular weight excluding hydrogens is 299 g/mol. The van der Waals surface area contributed by atoms with Crippen LogP contribution in [0.5, 0.6) is 0 Å². The van der Waals surface area contributed by atoms with E-state index in [9.17, 15) is 14.0 Å². The van der Waals surface area contributed by atoms with Crippen molar-refractivity contribution in [3.63, 3.8) is 0 Å². The molecule has 2 aromatic rings. The first-order chi connectivity index (χ1) is 10.9. The van der Waals surface area contributed by atoms with Crippen LogP contribution >= 0.6 is 0 Å². The highest BCUT2D eigenvalue weighted by Gasteiger charge is 2.37. The fraction of sp³-hybridized carbons (Fsp3) is 0.412. The standard InChI is InChI=1S/C17H19FN2O3/c1-10-6-11(18)7-13-12(10)8-14(19-13)16(23)20-17(9-15(21)22)4-2-3-5-17/h6-8,19H,2-5,9H2,1H3,(H,20,23)(H,21,22). The quantitative estimate of drug-likeness (QED) is 0.810. The van der Waals surface area contributed by atoms with Crippen molar-refractivity contribution in [1.82, 2.24) is 10.3 Å². The zero-order chi connectivity index (χ0) is 16.6. The smallest absolute Gasteiger partial charge is 0.305 e. The number of aliphatic carboxylic acids is 1. The number of halogens is 1. The van der Waals surface area contributed by atoms with E-state index in [0.717, 1.165) is 23.8 Å². The first kappa shape index (κ1) is 15.5. The van der Waals surface area contributed by atoms with Gasteiger partial charge in [0.05, 0.1) is 12.0 Å². The first-order valence-corrected chi connectivity index (χ1v) is 7.72. The zero-order valence-corrected chi connectivity index (χ0v) is 12.9. The second-order valence-corrected chi connectivity index (χ2v) is 6.38. The Hall–Kier alpha value is -2.37. The molecule has 1 heterocycles. The molecule has 1 aliphatic carbocycles. The molecule has 0 atom stereocenters. The number of carboxylic acids is 1. The van der Waals surface area contributed by atoms with Crippen molar-refractivity contribution in [1.29, 1.82) is 0 Å². The van der Waals surface area contributed by atoms with Crippen LogP contribution in [0.2, 0.25) is 0 Å². The maximum atomic E-state index is 13.5. The Bertz CT molecular complexity index is 775. The van der Waals surface area contributed by atoms with Crippen LogP contribution in [0.4, 0.5) is 4.39 Å². The Kier molecular flexibility index (Phi) is 3.83. The van der Waals surface area contributed by atoms with E-state index in [0.29, 0.717) is 24.1 Å². The van der Waals surface area contributed by atoms with Gasteiger partial charge in [0.2, 0.25) is 0 Å². The van der Waals surface area contributed by atoms with Crippen LogP contribution < -0.4 is 5.32 Å². The molecule has 23 heavy (non-hydrogen) atoms. The van der Waals surface area contributed by atoms with Crippen molar-refractivity contribution in [2.75, 3.05) is 0 Å². The first-order valence-electron chi connectivity index (χ1n) is 7.72. The van der Waals surface area contributed by atoms with Crippen molar-refractivity contribution in [2.45, 2.75) is 44.6 Å². The summed E-state index contributed by atoms with van der Waals surface area (Å²) in [5.41, 5.74) is 0.952. The topological polar surface area (TPSA) is 82.2 Å². The Balaban J connectivity index is 1.88. The molecule has 1 aromatic heterocycles. The van der Waals surface area contributed by atoms with Crippen molar-refractivity contribution in [3.8, 4) is 0 Å². The largest absolute Gasteiger partial charge is 0.481 e. The molecule has 3 N–H and O–H groups in total. The van der Waals surface area contributed by atoms with Gasteiger partial charge in [-0.25, -0.2) is 4.39 Å². The number of carboxylic acid groups (broad SMARTS) is 1. The minimum absolute atomic E-state index is 0.0768. The summed E-state index contributed by atoms with van der Waals surface area (Å²) in [5, 5.41) is 12.8. The van der Waals surface area contributed by atoms with Gasteiger partial charge in [-0.05, 0) is 43.5 Å². The third kappa shape index (κ3) is 3.06. The number of amides is 1. The molecule has 0 saturated heterocycles. The molecular formula is C17H19FN2O3. The highest BCUT2D eigenvalue weighted by Crippen LogP contribution is 2.33. The van der Waals surface area contributed by atoms with Gasteiger partial charge in [-0.2, -0.15) is 0 Å². The normalized spacial score (nSPS) is 16.6. The van der Waals surface area contributed by atoms with Gasteiger partial charge in [-0.3, -0.25) is 9.59 Å². The predicted molar refractivity (Wildman–Crippen MR) is 83.9 cm³/mol. The van der Waals surface area contributed by atoms with Gasteiger partial charge in [0.1, 0.15) is 11.5 Å². The number of carbonyl (C=O) groups is 2. The number of aryl methyl sites for hydroxylation is 1. The van der Waals surface area contributed by atoms with Crippen LogP contribution in [-0.4, -0.2) is 27.5 Å². The lowest BCUT2D eigenvalue weighted by Gasteiger charge is -2.28. The number of aromatic nitrogens is 1. The van der Waals surface area contributed by atoms with Crippen LogP contribution in [0, 0.1) is 12.7 Å². The van der Waals surface area contributed by atoms with Crippen LogP contribution in [-0.2, 0) is 4.79 Å². The van der Waals surface area contributed by atoms with Gasteiger partial charge in [0, 0.05) is 10.9 Å². The van der Waals surface area contributed by atoms with E-state index in [1.807, 2.05) is 0 Å². The van der Waals surface area contributed by atoms with Gasteiger partial charge in [0.15, 0.2) is 0 Å². The number of carbonyl (C=O) groups excluding carboxylic acids is 1.